The molecular formula is C41H46N6O2. The highest BCUT2D eigenvalue weighted by Gasteiger charge is 2.09. The molecule has 252 valence electrons. The van der Waals surface area contributed by atoms with Crippen LogP contribution in [0.25, 0.3) is 33.4 Å². The lowest BCUT2D eigenvalue weighted by Crippen LogP contribution is -1.95. The van der Waals surface area contributed by atoms with Gasteiger partial charge in [-0.25, -0.2) is 0 Å². The Morgan fingerprint density at radius 2 is 0.796 bits per heavy atom. The molecule has 0 spiro atoms. The van der Waals surface area contributed by atoms with E-state index in [1.165, 1.54) is 16.7 Å². The molecule has 0 fully saturated rings. The van der Waals surface area contributed by atoms with Crippen LogP contribution in [0.4, 0.5) is 34.1 Å². The first-order valence-electron chi connectivity index (χ1n) is 15.7. The van der Waals surface area contributed by atoms with Gasteiger partial charge in [0, 0.05) is 50.8 Å². The second-order valence-electron chi connectivity index (χ2n) is 12.0. The number of ether oxygens (including phenoxy) is 1. The Labute approximate surface area is 289 Å². The summed E-state index contributed by atoms with van der Waals surface area (Å²) in [5.74, 6) is 1.05. The third kappa shape index (κ3) is 8.96. The summed E-state index contributed by atoms with van der Waals surface area (Å²) in [6, 6.07) is 34.1. The maximum absolute atomic E-state index is 9.48. The topological polar surface area (TPSA) is 186 Å². The van der Waals surface area contributed by atoms with Gasteiger partial charge in [0.05, 0.1) is 7.11 Å². The van der Waals surface area contributed by atoms with Gasteiger partial charge in [-0.2, -0.15) is 0 Å². The molecule has 0 unspecified atom stereocenters. The summed E-state index contributed by atoms with van der Waals surface area (Å²) in [4.78, 5) is 0. The van der Waals surface area contributed by atoms with Crippen molar-refractivity contribution in [1.29, 1.82) is 0 Å². The Bertz CT molecular complexity index is 1990. The first kappa shape index (κ1) is 35.6. The van der Waals surface area contributed by atoms with Gasteiger partial charge in [-0.1, -0.05) is 54.1 Å². The van der Waals surface area contributed by atoms with Crippen molar-refractivity contribution in [2.45, 2.75) is 27.7 Å². The maximum Gasteiger partial charge on any atom is 0.119 e. The second kappa shape index (κ2) is 15.5. The van der Waals surface area contributed by atoms with Crippen LogP contribution in [0.2, 0.25) is 0 Å². The van der Waals surface area contributed by atoms with Crippen LogP contribution < -0.4 is 39.1 Å². The van der Waals surface area contributed by atoms with Crippen molar-refractivity contribution < 1.29 is 9.84 Å². The molecule has 0 atom stereocenters. The standard InChI is InChI=1S/C14H16N2O.C14H16N2.C13H14N2O/c1-9-3-5-11(17-2)8-13(9)12-6-4-10(15)7-14(12)16;1-9-3-4-10(2)13(7-9)12-6-5-11(15)8-14(12)16;1-8-2-4-10(16)7-12(8)11-5-3-9(14)6-13(11)15/h3-8H,15-16H2,1-2H3;3-8H,15-16H2,1-2H3;2-7,16H,14-15H2,1H3. The second-order valence-corrected chi connectivity index (χ2v) is 12.0. The number of phenolic OH excluding ortho intramolecular Hbond substituents is 1. The van der Waals surface area contributed by atoms with E-state index in [-0.39, 0.29) is 5.75 Å². The molecule has 49 heavy (non-hydrogen) atoms. The Hall–Kier alpha value is -6.28. The molecule has 8 heteroatoms. The molecular weight excluding hydrogens is 608 g/mol. The molecule has 6 aromatic rings. The van der Waals surface area contributed by atoms with Gasteiger partial charge in [-0.3, -0.25) is 0 Å². The minimum atomic E-state index is 0.233. The molecule has 0 aliphatic carbocycles. The number of nitrogen functional groups attached to an aromatic ring is 6. The van der Waals surface area contributed by atoms with E-state index in [4.69, 9.17) is 39.1 Å². The van der Waals surface area contributed by atoms with Crippen molar-refractivity contribution in [3.05, 3.63) is 131 Å². The van der Waals surface area contributed by atoms with Gasteiger partial charge < -0.3 is 44.2 Å². The minimum Gasteiger partial charge on any atom is -0.508 e. The number of rotatable bonds is 4. The van der Waals surface area contributed by atoms with Crippen LogP contribution >= 0.6 is 0 Å². The Balaban J connectivity index is 0.000000166. The monoisotopic (exact) mass is 654 g/mol. The number of hydrogen-bond acceptors (Lipinski definition) is 8. The van der Waals surface area contributed by atoms with E-state index in [0.29, 0.717) is 28.4 Å². The molecule has 0 amide bonds. The summed E-state index contributed by atoms with van der Waals surface area (Å²) < 4.78 is 5.23. The van der Waals surface area contributed by atoms with Crippen LogP contribution in [0.3, 0.4) is 0 Å². The highest BCUT2D eigenvalue weighted by Crippen LogP contribution is 2.34. The van der Waals surface area contributed by atoms with Crippen molar-refractivity contribution in [2.24, 2.45) is 0 Å². The highest BCUT2D eigenvalue weighted by molar-refractivity contribution is 5.83. The first-order chi connectivity index (χ1) is 23.3. The highest BCUT2D eigenvalue weighted by atomic mass is 16.5. The van der Waals surface area contributed by atoms with Crippen molar-refractivity contribution in [2.75, 3.05) is 41.5 Å². The van der Waals surface area contributed by atoms with Crippen LogP contribution in [0, 0.1) is 27.7 Å². The average Bonchev–Trinajstić information content (AvgIpc) is 3.05. The fourth-order valence-corrected chi connectivity index (χ4v) is 5.42. The first-order valence-corrected chi connectivity index (χ1v) is 15.7. The van der Waals surface area contributed by atoms with Gasteiger partial charge in [0.1, 0.15) is 11.5 Å². The lowest BCUT2D eigenvalue weighted by Gasteiger charge is -2.11. The third-order valence-electron chi connectivity index (χ3n) is 8.16. The normalized spacial score (nSPS) is 10.3. The zero-order chi connectivity index (χ0) is 35.8. The molecule has 0 saturated carbocycles. The number of aromatic hydroxyl groups is 1. The number of phenols is 1. The molecule has 0 heterocycles. The maximum atomic E-state index is 9.48. The third-order valence-corrected chi connectivity index (χ3v) is 8.16. The number of anilines is 6. The van der Waals surface area contributed by atoms with E-state index in [0.717, 1.165) is 50.4 Å². The predicted molar refractivity (Wildman–Crippen MR) is 209 cm³/mol. The molecule has 0 aliphatic rings. The Morgan fingerprint density at radius 1 is 0.408 bits per heavy atom. The smallest absolute Gasteiger partial charge is 0.119 e. The van der Waals surface area contributed by atoms with E-state index in [9.17, 15) is 5.11 Å². The number of hydrogen-bond donors (Lipinski definition) is 7. The van der Waals surface area contributed by atoms with Crippen LogP contribution in [0.1, 0.15) is 22.3 Å². The molecule has 0 saturated heterocycles. The van der Waals surface area contributed by atoms with Gasteiger partial charge in [-0.05, 0) is 122 Å². The number of benzene rings is 6. The number of aryl methyl sites for hydroxylation is 4. The molecule has 0 radical (unpaired) electrons. The summed E-state index contributed by atoms with van der Waals surface area (Å²) in [7, 11) is 1.65. The molecule has 0 bridgehead atoms. The summed E-state index contributed by atoms with van der Waals surface area (Å²) >= 11 is 0. The van der Waals surface area contributed by atoms with Crippen LogP contribution in [0.5, 0.6) is 11.5 Å². The summed E-state index contributed by atoms with van der Waals surface area (Å²) in [5, 5.41) is 9.48. The van der Waals surface area contributed by atoms with E-state index in [1.54, 1.807) is 43.5 Å². The largest absolute Gasteiger partial charge is 0.508 e. The fraction of sp³-hybridized carbons (Fsp3) is 0.122. The van der Waals surface area contributed by atoms with E-state index in [1.807, 2.05) is 68.4 Å². The van der Waals surface area contributed by atoms with Crippen LogP contribution in [-0.4, -0.2) is 12.2 Å². The zero-order valence-corrected chi connectivity index (χ0v) is 28.7. The van der Waals surface area contributed by atoms with Crippen molar-refractivity contribution in [1.82, 2.24) is 0 Å². The van der Waals surface area contributed by atoms with E-state index < -0.39 is 0 Å². The molecule has 13 N–H and O–H groups in total. The lowest BCUT2D eigenvalue weighted by atomic mass is 9.97. The van der Waals surface area contributed by atoms with Crippen LogP contribution in [-0.2, 0) is 0 Å². The zero-order valence-electron chi connectivity index (χ0n) is 28.7. The van der Waals surface area contributed by atoms with Gasteiger partial charge in [0.15, 0.2) is 0 Å². The van der Waals surface area contributed by atoms with E-state index in [2.05, 4.69) is 32.0 Å². The van der Waals surface area contributed by atoms with Gasteiger partial charge in [0.25, 0.3) is 0 Å². The van der Waals surface area contributed by atoms with Crippen molar-refractivity contribution in [3.63, 3.8) is 0 Å². The molecule has 0 aromatic heterocycles. The van der Waals surface area contributed by atoms with Crippen LogP contribution in [0.15, 0.2) is 109 Å². The Kier molecular flexibility index (Phi) is 11.3. The average molecular weight is 655 g/mol. The molecule has 0 aliphatic heterocycles. The SMILES string of the molecule is COc1ccc(C)c(-c2ccc(N)cc2N)c1.Cc1ccc(C)c(-c2ccc(N)cc2N)c1.Cc1ccc(O)cc1-c1ccc(N)cc1N. The van der Waals surface area contributed by atoms with Crippen molar-refractivity contribution >= 4 is 34.1 Å². The van der Waals surface area contributed by atoms with Crippen molar-refractivity contribution in [3.8, 4) is 44.9 Å². The fourth-order valence-electron chi connectivity index (χ4n) is 5.42. The molecule has 6 rings (SSSR count). The lowest BCUT2D eigenvalue weighted by molar-refractivity contribution is 0.415. The van der Waals surface area contributed by atoms with Gasteiger partial charge >= 0.3 is 0 Å². The minimum absolute atomic E-state index is 0.233. The number of nitrogens with two attached hydrogens (primary N) is 6. The number of methoxy groups -OCH3 is 1. The summed E-state index contributed by atoms with van der Waals surface area (Å²) in [5.41, 5.74) is 49.8. The molecule has 8 nitrogen and oxygen atoms in total. The summed E-state index contributed by atoms with van der Waals surface area (Å²) in [6.07, 6.45) is 0. The Morgan fingerprint density at radius 3 is 1.22 bits per heavy atom. The quantitative estimate of drug-likeness (QED) is 0.0922. The molecule has 6 aromatic carbocycles. The summed E-state index contributed by atoms with van der Waals surface area (Å²) in [6.45, 7) is 8.19. The predicted octanol–water partition coefficient (Wildman–Crippen LogP) is 8.50. The van der Waals surface area contributed by atoms with E-state index >= 15 is 0 Å². The van der Waals surface area contributed by atoms with Gasteiger partial charge in [0.2, 0.25) is 0 Å². The van der Waals surface area contributed by atoms with Gasteiger partial charge in [-0.15, -0.1) is 0 Å².